The fraction of sp³-hybridized carbons (Fsp3) is 0.385. The van der Waals surface area contributed by atoms with E-state index < -0.39 is 11.6 Å². The second-order valence-corrected chi connectivity index (χ2v) is 4.25. The Morgan fingerprint density at radius 2 is 2.00 bits per heavy atom. The molecule has 0 saturated carbocycles. The summed E-state index contributed by atoms with van der Waals surface area (Å²) in [5.41, 5.74) is -0.135. The van der Waals surface area contributed by atoms with Crippen LogP contribution in [0.1, 0.15) is 25.5 Å². The zero-order chi connectivity index (χ0) is 12.9. The van der Waals surface area contributed by atoms with Crippen molar-refractivity contribution in [2.45, 2.75) is 25.5 Å². The van der Waals surface area contributed by atoms with Gasteiger partial charge in [0.05, 0.1) is 6.07 Å². The highest BCUT2D eigenvalue weighted by Crippen LogP contribution is 2.17. The SMILES string of the molecule is COC(C(=O)NC(C)(C)C#N)c1ccccc1. The highest BCUT2D eigenvalue weighted by molar-refractivity contribution is 5.83. The molecule has 0 radical (unpaired) electrons. The number of amides is 1. The lowest BCUT2D eigenvalue weighted by atomic mass is 10.0. The molecule has 1 aromatic carbocycles. The van der Waals surface area contributed by atoms with Crippen LogP contribution in [0.4, 0.5) is 0 Å². The average Bonchev–Trinajstić information content (AvgIpc) is 2.31. The maximum absolute atomic E-state index is 12.0. The van der Waals surface area contributed by atoms with Crippen LogP contribution in [0.5, 0.6) is 0 Å². The van der Waals surface area contributed by atoms with E-state index in [-0.39, 0.29) is 5.91 Å². The highest BCUT2D eigenvalue weighted by atomic mass is 16.5. The summed E-state index contributed by atoms with van der Waals surface area (Å²) < 4.78 is 5.17. The second kappa shape index (κ2) is 5.46. The summed E-state index contributed by atoms with van der Waals surface area (Å²) in [6, 6.07) is 11.2. The van der Waals surface area contributed by atoms with Gasteiger partial charge in [-0.3, -0.25) is 4.79 Å². The third-order valence-corrected chi connectivity index (χ3v) is 2.29. The van der Waals surface area contributed by atoms with Crippen LogP contribution in [0.3, 0.4) is 0 Å². The zero-order valence-corrected chi connectivity index (χ0v) is 10.2. The van der Waals surface area contributed by atoms with Crippen LogP contribution < -0.4 is 5.32 Å². The van der Waals surface area contributed by atoms with Crippen molar-refractivity contribution in [2.24, 2.45) is 0 Å². The van der Waals surface area contributed by atoms with E-state index in [0.717, 1.165) is 5.56 Å². The monoisotopic (exact) mass is 232 g/mol. The minimum absolute atomic E-state index is 0.315. The van der Waals surface area contributed by atoms with Gasteiger partial charge >= 0.3 is 0 Å². The smallest absolute Gasteiger partial charge is 0.254 e. The van der Waals surface area contributed by atoms with Gasteiger partial charge < -0.3 is 10.1 Å². The van der Waals surface area contributed by atoms with Gasteiger partial charge in [-0.2, -0.15) is 5.26 Å². The van der Waals surface area contributed by atoms with E-state index in [9.17, 15) is 4.79 Å². The second-order valence-electron chi connectivity index (χ2n) is 4.25. The topological polar surface area (TPSA) is 62.1 Å². The predicted molar refractivity (Wildman–Crippen MR) is 64.0 cm³/mol. The zero-order valence-electron chi connectivity index (χ0n) is 10.2. The number of nitrogens with zero attached hydrogens (tertiary/aromatic N) is 1. The minimum atomic E-state index is -0.900. The van der Waals surface area contributed by atoms with Crippen molar-refractivity contribution < 1.29 is 9.53 Å². The molecule has 90 valence electrons. The fourth-order valence-electron chi connectivity index (χ4n) is 1.42. The standard InChI is InChI=1S/C13H16N2O2/c1-13(2,9-14)15-12(16)11(17-3)10-7-5-4-6-8-10/h4-8,11H,1-3H3,(H,15,16). The molecule has 1 unspecified atom stereocenters. The van der Waals surface area contributed by atoms with E-state index in [2.05, 4.69) is 5.32 Å². The molecule has 1 rings (SSSR count). The largest absolute Gasteiger partial charge is 0.367 e. The number of rotatable bonds is 4. The van der Waals surface area contributed by atoms with E-state index in [1.54, 1.807) is 13.8 Å². The number of nitrogens with one attached hydrogen (secondary N) is 1. The molecule has 0 aliphatic carbocycles. The van der Waals surface area contributed by atoms with Crippen molar-refractivity contribution in [3.05, 3.63) is 35.9 Å². The van der Waals surface area contributed by atoms with Crippen molar-refractivity contribution in [3.8, 4) is 6.07 Å². The van der Waals surface area contributed by atoms with E-state index >= 15 is 0 Å². The first-order valence-electron chi connectivity index (χ1n) is 5.31. The molecule has 0 spiro atoms. The predicted octanol–water partition coefficient (Wildman–Crippen LogP) is 1.79. The first kappa shape index (κ1) is 13.2. The molecule has 0 aliphatic rings. The van der Waals surface area contributed by atoms with Crippen LogP contribution in [0.25, 0.3) is 0 Å². The molecule has 1 N–H and O–H groups in total. The van der Waals surface area contributed by atoms with Gasteiger partial charge in [0.2, 0.25) is 0 Å². The van der Waals surface area contributed by atoms with Crippen LogP contribution in [0.2, 0.25) is 0 Å². The number of carbonyl (C=O) groups is 1. The van der Waals surface area contributed by atoms with Gasteiger partial charge in [-0.1, -0.05) is 30.3 Å². The molecule has 1 atom stereocenters. The van der Waals surface area contributed by atoms with Crippen molar-refractivity contribution in [2.75, 3.05) is 7.11 Å². The number of hydrogen-bond donors (Lipinski definition) is 1. The molecule has 1 aromatic rings. The Hall–Kier alpha value is -1.86. The number of benzene rings is 1. The molecule has 0 heterocycles. The molecule has 0 aliphatic heterocycles. The summed E-state index contributed by atoms with van der Waals surface area (Å²) in [6.45, 7) is 3.28. The van der Waals surface area contributed by atoms with Crippen LogP contribution in [0, 0.1) is 11.3 Å². The summed E-state index contributed by atoms with van der Waals surface area (Å²) in [5.74, 6) is -0.315. The van der Waals surface area contributed by atoms with Crippen molar-refractivity contribution in [1.82, 2.24) is 5.32 Å². The Morgan fingerprint density at radius 1 is 1.41 bits per heavy atom. The van der Waals surface area contributed by atoms with Gasteiger partial charge in [0.1, 0.15) is 5.54 Å². The Labute approximate surface area is 101 Å². The molecule has 1 amide bonds. The lowest BCUT2D eigenvalue weighted by Crippen LogP contribution is -2.44. The van der Waals surface area contributed by atoms with Crippen LogP contribution in [0.15, 0.2) is 30.3 Å². The van der Waals surface area contributed by atoms with E-state index in [4.69, 9.17) is 10.00 Å². The lowest BCUT2D eigenvalue weighted by Gasteiger charge is -2.22. The maximum atomic E-state index is 12.0. The van der Waals surface area contributed by atoms with Gasteiger partial charge in [0, 0.05) is 7.11 Å². The van der Waals surface area contributed by atoms with Crippen LogP contribution in [-0.4, -0.2) is 18.6 Å². The molecular weight excluding hydrogens is 216 g/mol. The van der Waals surface area contributed by atoms with Gasteiger partial charge in [-0.25, -0.2) is 0 Å². The lowest BCUT2D eigenvalue weighted by molar-refractivity contribution is -0.132. The third kappa shape index (κ3) is 3.58. The molecule has 0 aromatic heterocycles. The molecule has 4 heteroatoms. The van der Waals surface area contributed by atoms with Gasteiger partial charge in [0.25, 0.3) is 5.91 Å². The maximum Gasteiger partial charge on any atom is 0.254 e. The number of carbonyl (C=O) groups excluding carboxylic acids is 1. The quantitative estimate of drug-likeness (QED) is 0.860. The van der Waals surface area contributed by atoms with Crippen molar-refractivity contribution in [1.29, 1.82) is 5.26 Å². The number of nitriles is 1. The molecule has 0 fully saturated rings. The van der Waals surface area contributed by atoms with Gasteiger partial charge in [-0.15, -0.1) is 0 Å². The summed E-state index contributed by atoms with van der Waals surface area (Å²) in [4.78, 5) is 12.0. The summed E-state index contributed by atoms with van der Waals surface area (Å²) >= 11 is 0. The van der Waals surface area contributed by atoms with E-state index in [1.165, 1.54) is 7.11 Å². The van der Waals surface area contributed by atoms with E-state index in [1.807, 2.05) is 36.4 Å². The molecular formula is C13H16N2O2. The van der Waals surface area contributed by atoms with E-state index in [0.29, 0.717) is 0 Å². The Morgan fingerprint density at radius 3 is 2.47 bits per heavy atom. The third-order valence-electron chi connectivity index (χ3n) is 2.29. The molecule has 0 saturated heterocycles. The molecule has 4 nitrogen and oxygen atoms in total. The summed E-state index contributed by atoms with van der Waals surface area (Å²) in [5, 5.41) is 11.5. The van der Waals surface area contributed by atoms with Crippen LogP contribution in [-0.2, 0) is 9.53 Å². The number of hydrogen-bond acceptors (Lipinski definition) is 3. The Bertz CT molecular complexity index is 421. The normalized spacial score (nSPS) is 12.6. The van der Waals surface area contributed by atoms with Gasteiger partial charge in [0.15, 0.2) is 6.10 Å². The number of ether oxygens (including phenoxy) is 1. The van der Waals surface area contributed by atoms with Gasteiger partial charge in [-0.05, 0) is 19.4 Å². The first-order valence-corrected chi connectivity index (χ1v) is 5.31. The van der Waals surface area contributed by atoms with Crippen molar-refractivity contribution >= 4 is 5.91 Å². The Kier molecular flexibility index (Phi) is 4.24. The molecule has 17 heavy (non-hydrogen) atoms. The number of methoxy groups -OCH3 is 1. The van der Waals surface area contributed by atoms with Crippen LogP contribution >= 0.6 is 0 Å². The average molecular weight is 232 g/mol. The minimum Gasteiger partial charge on any atom is -0.367 e. The molecule has 0 bridgehead atoms. The fourth-order valence-corrected chi connectivity index (χ4v) is 1.42. The Balaban J connectivity index is 2.83. The summed E-state index contributed by atoms with van der Waals surface area (Å²) in [7, 11) is 1.47. The highest BCUT2D eigenvalue weighted by Gasteiger charge is 2.26. The van der Waals surface area contributed by atoms with Crippen molar-refractivity contribution in [3.63, 3.8) is 0 Å². The summed E-state index contributed by atoms with van der Waals surface area (Å²) in [6.07, 6.45) is -0.691. The first-order chi connectivity index (χ1) is 8.00.